The summed E-state index contributed by atoms with van der Waals surface area (Å²) in [6, 6.07) is 7.31. The molecule has 0 radical (unpaired) electrons. The second-order valence-electron chi connectivity index (χ2n) is 19.1. The van der Waals surface area contributed by atoms with Gasteiger partial charge in [0, 0.05) is 103 Å². The summed E-state index contributed by atoms with van der Waals surface area (Å²) < 4.78 is 82.0. The van der Waals surface area contributed by atoms with Crippen LogP contribution in [0.25, 0.3) is 10.9 Å². The van der Waals surface area contributed by atoms with Gasteiger partial charge in [0.1, 0.15) is 11.2 Å². The van der Waals surface area contributed by atoms with Crippen LogP contribution in [0.4, 0.5) is 20.2 Å². The molecule has 346 valence electrons. The van der Waals surface area contributed by atoms with Gasteiger partial charge >= 0.3 is 17.9 Å². The number of aliphatic hydroxyl groups is 1. The average molecular weight is 910 g/mol. The van der Waals surface area contributed by atoms with Gasteiger partial charge in [-0.05, 0) is 80.5 Å². The van der Waals surface area contributed by atoms with E-state index in [0.29, 0.717) is 65.9 Å². The van der Waals surface area contributed by atoms with E-state index in [0.717, 1.165) is 18.7 Å². The topological polar surface area (TPSA) is 180 Å². The van der Waals surface area contributed by atoms with Gasteiger partial charge in [-0.1, -0.05) is 19.1 Å². The predicted molar refractivity (Wildman–Crippen MR) is 233 cm³/mol. The predicted octanol–water partition coefficient (Wildman–Crippen LogP) is 4.45. The molecule has 2 bridgehead atoms. The molecule has 10 atom stereocenters. The van der Waals surface area contributed by atoms with Crippen LogP contribution in [0.5, 0.6) is 5.75 Å². The zero-order chi connectivity index (χ0) is 46.1. The number of nitrogens with one attached hydrogen (secondary N) is 2. The summed E-state index contributed by atoms with van der Waals surface area (Å²) in [6.07, 6.45) is 4.67. The molecule has 3 aromatic rings. The number of esters is 3. The lowest BCUT2D eigenvalue weighted by Gasteiger charge is -2.63. The molecule has 1 aliphatic carbocycles. The fourth-order valence-electron chi connectivity index (χ4n) is 13.6. The maximum absolute atomic E-state index is 15.5. The van der Waals surface area contributed by atoms with Gasteiger partial charge in [0.25, 0.3) is 0 Å². The van der Waals surface area contributed by atoms with E-state index in [1.165, 1.54) is 28.3 Å². The van der Waals surface area contributed by atoms with Crippen LogP contribution in [0.3, 0.4) is 0 Å². The Hall–Kier alpha value is -4.78. The van der Waals surface area contributed by atoms with Crippen molar-refractivity contribution in [3.8, 4) is 5.75 Å². The van der Waals surface area contributed by atoms with E-state index in [-0.39, 0.29) is 37.4 Å². The molecule has 5 aliphatic heterocycles. The number of halogens is 2. The highest BCUT2D eigenvalue weighted by atomic mass is 32.2. The standard InChI is InChI=1S/C46H57F2N5O10S/c1-9-43-13-10-15-53-16-14-44(37(43)53)31-19-32(35(60-5)20-34(31)51(4)38(44)46(57,41(56)62-7)39(43)63-25(2)54)45(40(55)61-6)21-26-17-27(42(3,47)48)23-52(22-26)24-30-29-18-28(50-64(8,58)59)11-12-33(29)49-36(30)45/h10-13,18-20,26-27,37-39,49-50,57H,9,14-17,21-24H2,1-8H3/t26-,27?,37+,38-,39-,43?,44-,45+,46+/m1/s1. The van der Waals surface area contributed by atoms with Gasteiger partial charge in [-0.2, -0.15) is 0 Å². The van der Waals surface area contributed by atoms with E-state index >= 15 is 13.6 Å². The number of piperidine rings is 1. The number of sulfonamides is 1. The fourth-order valence-corrected chi connectivity index (χ4v) is 14.1. The number of ether oxygens (including phenoxy) is 4. The molecule has 3 N–H and O–H groups in total. The lowest BCUT2D eigenvalue weighted by molar-refractivity contribution is -0.228. The molecular weight excluding hydrogens is 853 g/mol. The first-order valence-corrected chi connectivity index (χ1v) is 23.7. The zero-order valence-electron chi connectivity index (χ0n) is 37.4. The summed E-state index contributed by atoms with van der Waals surface area (Å²) in [7, 11) is 2.07. The first-order chi connectivity index (χ1) is 30.1. The highest BCUT2D eigenvalue weighted by molar-refractivity contribution is 7.92. The lowest BCUT2D eigenvalue weighted by atomic mass is 9.47. The van der Waals surface area contributed by atoms with Crippen molar-refractivity contribution >= 4 is 50.2 Å². The molecule has 2 aromatic carbocycles. The van der Waals surface area contributed by atoms with Crippen LogP contribution in [0.15, 0.2) is 42.5 Å². The van der Waals surface area contributed by atoms with Crippen LogP contribution in [-0.4, -0.2) is 137 Å². The Bertz CT molecular complexity index is 2600. The SMILES string of the molecule is CCC12C=CCN3CC[C@@]4(c5cc([C@@]6(C(=O)OC)C[C@H]7CC(C(C)(F)F)CN(Cc8c6[nH]c6ccc(NS(C)(=O)=O)cc86)C7)c(OC)cc5N(C)[C@H]4[C@@](O)(C(=O)OC)[C@@H]1OC(C)=O)[C@@H]32. The summed E-state index contributed by atoms with van der Waals surface area (Å²) in [5.74, 6) is -6.49. The molecule has 2 saturated heterocycles. The average Bonchev–Trinajstić information content (AvgIpc) is 3.88. The van der Waals surface area contributed by atoms with Crippen molar-refractivity contribution < 1.29 is 55.6 Å². The molecule has 9 rings (SSSR count). The third-order valence-electron chi connectivity index (χ3n) is 15.7. The minimum atomic E-state index is -3.69. The quantitative estimate of drug-likeness (QED) is 0.156. The molecule has 6 aliphatic rings. The van der Waals surface area contributed by atoms with Crippen molar-refractivity contribution in [2.24, 2.45) is 17.3 Å². The number of aromatic nitrogens is 1. The van der Waals surface area contributed by atoms with Gasteiger partial charge < -0.3 is 33.9 Å². The van der Waals surface area contributed by atoms with Gasteiger partial charge in [-0.3, -0.25) is 24.1 Å². The molecule has 6 heterocycles. The summed E-state index contributed by atoms with van der Waals surface area (Å²) >= 11 is 0. The van der Waals surface area contributed by atoms with Crippen LogP contribution >= 0.6 is 0 Å². The summed E-state index contributed by atoms with van der Waals surface area (Å²) in [6.45, 7) is 5.93. The van der Waals surface area contributed by atoms with Crippen molar-refractivity contribution in [1.82, 2.24) is 14.8 Å². The molecule has 64 heavy (non-hydrogen) atoms. The third-order valence-corrected chi connectivity index (χ3v) is 16.3. The number of anilines is 2. The molecule has 0 amide bonds. The van der Waals surface area contributed by atoms with E-state index in [4.69, 9.17) is 18.9 Å². The van der Waals surface area contributed by atoms with E-state index in [1.807, 2.05) is 34.9 Å². The number of hydrogen-bond donors (Lipinski definition) is 3. The van der Waals surface area contributed by atoms with E-state index in [2.05, 4.69) is 14.6 Å². The van der Waals surface area contributed by atoms with E-state index in [9.17, 15) is 23.1 Å². The molecule has 1 spiro atoms. The Morgan fingerprint density at radius 2 is 1.78 bits per heavy atom. The van der Waals surface area contributed by atoms with Crippen LogP contribution in [0.1, 0.15) is 68.8 Å². The number of alkyl halides is 2. The largest absolute Gasteiger partial charge is 0.496 e. The second-order valence-corrected chi connectivity index (χ2v) is 20.9. The van der Waals surface area contributed by atoms with Crippen molar-refractivity contribution in [2.45, 2.75) is 93.5 Å². The number of nitrogens with zero attached hydrogens (tertiary/aromatic N) is 3. The monoisotopic (exact) mass is 909 g/mol. The number of benzene rings is 2. The van der Waals surface area contributed by atoms with Crippen LogP contribution < -0.4 is 14.4 Å². The smallest absolute Gasteiger partial charge is 0.344 e. The Balaban J connectivity index is 1.36. The molecule has 18 heteroatoms. The highest BCUT2D eigenvalue weighted by Crippen LogP contribution is 2.68. The van der Waals surface area contributed by atoms with Gasteiger partial charge in [0.05, 0.1) is 33.6 Å². The first kappa shape index (κ1) is 44.4. The molecular formula is C46H57F2N5O10S. The summed E-state index contributed by atoms with van der Waals surface area (Å²) in [5.41, 5.74) is -2.56. The minimum Gasteiger partial charge on any atom is -0.496 e. The number of carbonyl (C=O) groups is 3. The molecule has 3 fully saturated rings. The van der Waals surface area contributed by atoms with Gasteiger partial charge in [-0.25, -0.2) is 22.0 Å². The normalized spacial score (nSPS) is 34.1. The van der Waals surface area contributed by atoms with Crippen molar-refractivity contribution in [3.05, 3.63) is 64.9 Å². The summed E-state index contributed by atoms with van der Waals surface area (Å²) in [4.78, 5) is 52.5. The Labute approximate surface area is 371 Å². The number of aromatic amines is 1. The number of fused-ring (bicyclic) bond motifs is 6. The maximum atomic E-state index is 15.5. The molecule has 3 unspecified atom stereocenters. The highest BCUT2D eigenvalue weighted by Gasteiger charge is 2.80. The van der Waals surface area contributed by atoms with Crippen molar-refractivity contribution in [1.29, 1.82) is 0 Å². The third kappa shape index (κ3) is 6.10. The van der Waals surface area contributed by atoms with E-state index < -0.39 is 85.7 Å². The van der Waals surface area contributed by atoms with Gasteiger partial charge in [-0.15, -0.1) is 0 Å². The number of likely N-dealkylation sites (N-methyl/N-ethyl adjacent to an activating group) is 1. The van der Waals surface area contributed by atoms with E-state index in [1.54, 1.807) is 31.3 Å². The number of hydrogen-bond acceptors (Lipinski definition) is 13. The van der Waals surface area contributed by atoms with Gasteiger partial charge in [0.15, 0.2) is 6.10 Å². The number of rotatable bonds is 9. The van der Waals surface area contributed by atoms with Gasteiger partial charge in [0.2, 0.25) is 21.5 Å². The zero-order valence-corrected chi connectivity index (χ0v) is 38.2. The molecule has 15 nitrogen and oxygen atoms in total. The number of carbonyl (C=O) groups excluding carboxylic acids is 3. The maximum Gasteiger partial charge on any atom is 0.344 e. The first-order valence-electron chi connectivity index (χ1n) is 21.8. The second kappa shape index (κ2) is 14.9. The van der Waals surface area contributed by atoms with Crippen molar-refractivity contribution in [2.75, 3.05) is 70.4 Å². The molecule has 1 saturated carbocycles. The summed E-state index contributed by atoms with van der Waals surface area (Å²) in [5, 5.41) is 13.9. The van der Waals surface area contributed by atoms with Crippen molar-refractivity contribution in [3.63, 3.8) is 0 Å². The Morgan fingerprint density at radius 1 is 1.05 bits per heavy atom. The number of methoxy groups -OCH3 is 3. The number of H-pyrrole nitrogens is 1. The Morgan fingerprint density at radius 3 is 2.42 bits per heavy atom. The fraction of sp³-hybridized carbons (Fsp3) is 0.587. The lowest BCUT2D eigenvalue weighted by Crippen LogP contribution is -2.81. The Kier molecular flexibility index (Phi) is 10.3. The molecule has 1 aromatic heterocycles. The van der Waals surface area contributed by atoms with Crippen LogP contribution in [0, 0.1) is 17.3 Å². The minimum absolute atomic E-state index is 0.0379. The van der Waals surface area contributed by atoms with Crippen LogP contribution in [0.2, 0.25) is 0 Å². The van der Waals surface area contributed by atoms with Crippen LogP contribution in [-0.2, 0) is 56.0 Å².